The van der Waals surface area contributed by atoms with Crippen molar-refractivity contribution in [2.45, 2.75) is 4.90 Å². The van der Waals surface area contributed by atoms with E-state index in [0.29, 0.717) is 0 Å². The number of nitrogens with zero attached hydrogens (tertiary/aromatic N) is 1. The van der Waals surface area contributed by atoms with Crippen molar-refractivity contribution in [3.63, 3.8) is 0 Å². The van der Waals surface area contributed by atoms with E-state index >= 15 is 0 Å². The fraction of sp³-hybridized carbons (Fsp3) is 0.250. The largest absolute Gasteiger partial charge is 0.277 e. The Morgan fingerprint density at radius 1 is 1.53 bits per heavy atom. The van der Waals surface area contributed by atoms with Gasteiger partial charge in [0.25, 0.3) is 5.91 Å². The molecule has 1 rings (SSSR count). The Labute approximate surface area is 112 Å². The summed E-state index contributed by atoms with van der Waals surface area (Å²) >= 11 is 0. The lowest BCUT2D eigenvalue weighted by Gasteiger charge is -2.14. The van der Waals surface area contributed by atoms with E-state index in [-0.39, 0.29) is 17.0 Å². The Balaban J connectivity index is 3.07. The summed E-state index contributed by atoms with van der Waals surface area (Å²) in [6.07, 6.45) is 1.44. The van der Waals surface area contributed by atoms with E-state index in [1.807, 2.05) is 0 Å². The summed E-state index contributed by atoms with van der Waals surface area (Å²) in [7, 11) is -0.848. The molecule has 0 aliphatic heterocycles. The second kappa shape index (κ2) is 6.46. The standard InChI is InChI=1S/C12H16N2O4S/c1-4-8-13-19(16,17)11-7-5-6-10(9-11)12(15)14(2)18-3/h4-7,9,13H,1,8H2,2-3H3. The van der Waals surface area contributed by atoms with Crippen LogP contribution in [0, 0.1) is 0 Å². The number of amides is 1. The average Bonchev–Trinajstić information content (AvgIpc) is 2.43. The fourth-order valence-corrected chi connectivity index (χ4v) is 2.36. The Bertz CT molecular complexity index is 569. The molecular formula is C12H16N2O4S. The average molecular weight is 284 g/mol. The van der Waals surface area contributed by atoms with Gasteiger partial charge in [-0.05, 0) is 18.2 Å². The van der Waals surface area contributed by atoms with Crippen molar-refractivity contribution >= 4 is 15.9 Å². The number of carbonyl (C=O) groups excluding carboxylic acids is 1. The number of hydrogen-bond acceptors (Lipinski definition) is 4. The molecule has 0 aromatic heterocycles. The van der Waals surface area contributed by atoms with Gasteiger partial charge < -0.3 is 0 Å². The molecule has 1 N–H and O–H groups in total. The Morgan fingerprint density at radius 2 is 2.21 bits per heavy atom. The molecule has 0 bridgehead atoms. The maximum absolute atomic E-state index is 11.9. The van der Waals surface area contributed by atoms with Crippen molar-refractivity contribution in [3.8, 4) is 0 Å². The molecular weight excluding hydrogens is 268 g/mol. The summed E-state index contributed by atoms with van der Waals surface area (Å²) in [6, 6.07) is 5.72. The number of carbonyl (C=O) groups is 1. The normalized spacial score (nSPS) is 11.1. The molecule has 0 atom stereocenters. The quantitative estimate of drug-likeness (QED) is 0.619. The van der Waals surface area contributed by atoms with E-state index in [1.54, 1.807) is 0 Å². The summed E-state index contributed by atoms with van der Waals surface area (Å²) in [4.78, 5) is 16.6. The molecule has 0 unspecified atom stereocenters. The molecule has 7 heteroatoms. The number of rotatable bonds is 6. The van der Waals surface area contributed by atoms with Crippen LogP contribution in [0.1, 0.15) is 10.4 Å². The molecule has 0 radical (unpaired) electrons. The van der Waals surface area contributed by atoms with Gasteiger partial charge in [-0.3, -0.25) is 9.63 Å². The SMILES string of the molecule is C=CCNS(=O)(=O)c1cccc(C(=O)N(C)OC)c1. The molecule has 0 spiro atoms. The van der Waals surface area contributed by atoms with Gasteiger partial charge in [0.15, 0.2) is 0 Å². The third-order valence-electron chi connectivity index (χ3n) is 2.37. The Hall–Kier alpha value is -1.70. The van der Waals surface area contributed by atoms with Crippen LogP contribution in [0.4, 0.5) is 0 Å². The second-order valence-electron chi connectivity index (χ2n) is 3.65. The van der Waals surface area contributed by atoms with Gasteiger partial charge in [-0.2, -0.15) is 0 Å². The van der Waals surface area contributed by atoms with Crippen LogP contribution in [-0.4, -0.2) is 40.1 Å². The fourth-order valence-electron chi connectivity index (χ4n) is 1.31. The lowest BCUT2D eigenvalue weighted by atomic mass is 10.2. The van der Waals surface area contributed by atoms with E-state index in [4.69, 9.17) is 4.84 Å². The van der Waals surface area contributed by atoms with Gasteiger partial charge in [-0.1, -0.05) is 12.1 Å². The van der Waals surface area contributed by atoms with Gasteiger partial charge in [0.2, 0.25) is 10.0 Å². The summed E-state index contributed by atoms with van der Waals surface area (Å²) in [5.41, 5.74) is 0.228. The molecule has 1 aromatic carbocycles. The maximum Gasteiger partial charge on any atom is 0.277 e. The van der Waals surface area contributed by atoms with Crippen molar-refractivity contribution in [1.29, 1.82) is 0 Å². The zero-order valence-electron chi connectivity index (χ0n) is 10.8. The van der Waals surface area contributed by atoms with Crippen LogP contribution in [0.15, 0.2) is 41.8 Å². The summed E-state index contributed by atoms with van der Waals surface area (Å²) < 4.78 is 26.1. The molecule has 0 saturated carbocycles. The molecule has 0 aliphatic carbocycles. The lowest BCUT2D eigenvalue weighted by molar-refractivity contribution is -0.0757. The first-order chi connectivity index (χ1) is 8.92. The minimum absolute atomic E-state index is 0.0182. The van der Waals surface area contributed by atoms with Crippen LogP contribution in [0.5, 0.6) is 0 Å². The van der Waals surface area contributed by atoms with E-state index in [1.165, 1.54) is 44.5 Å². The molecule has 1 amide bonds. The monoisotopic (exact) mass is 284 g/mol. The zero-order valence-corrected chi connectivity index (χ0v) is 11.6. The van der Waals surface area contributed by atoms with Crippen molar-refractivity contribution in [3.05, 3.63) is 42.5 Å². The molecule has 6 nitrogen and oxygen atoms in total. The highest BCUT2D eigenvalue weighted by atomic mass is 32.2. The van der Waals surface area contributed by atoms with Crippen LogP contribution in [0.3, 0.4) is 0 Å². The van der Waals surface area contributed by atoms with Crippen LogP contribution in [0.25, 0.3) is 0 Å². The van der Waals surface area contributed by atoms with Gasteiger partial charge in [0.1, 0.15) is 0 Å². The van der Waals surface area contributed by atoms with Gasteiger partial charge in [-0.25, -0.2) is 18.2 Å². The summed E-state index contributed by atoms with van der Waals surface area (Å²) in [5.74, 6) is -0.428. The van der Waals surface area contributed by atoms with Crippen molar-refractivity contribution < 1.29 is 18.0 Å². The molecule has 0 heterocycles. The second-order valence-corrected chi connectivity index (χ2v) is 5.42. The first-order valence-electron chi connectivity index (χ1n) is 5.45. The molecule has 0 fully saturated rings. The smallest absolute Gasteiger partial charge is 0.274 e. The first kappa shape index (κ1) is 15.4. The number of sulfonamides is 1. The van der Waals surface area contributed by atoms with Crippen molar-refractivity contribution in [2.75, 3.05) is 20.7 Å². The van der Waals surface area contributed by atoms with Crippen LogP contribution >= 0.6 is 0 Å². The number of nitrogens with one attached hydrogen (secondary N) is 1. The van der Waals surface area contributed by atoms with Crippen molar-refractivity contribution in [2.24, 2.45) is 0 Å². The zero-order chi connectivity index (χ0) is 14.5. The topological polar surface area (TPSA) is 75.7 Å². The van der Waals surface area contributed by atoms with E-state index in [2.05, 4.69) is 11.3 Å². The molecule has 1 aromatic rings. The van der Waals surface area contributed by atoms with Crippen molar-refractivity contribution in [1.82, 2.24) is 9.79 Å². The summed E-state index contributed by atoms with van der Waals surface area (Å²) in [5, 5.41) is 1.02. The van der Waals surface area contributed by atoms with E-state index in [0.717, 1.165) is 5.06 Å². The molecule has 0 aliphatic rings. The van der Waals surface area contributed by atoms with Crippen LogP contribution in [0.2, 0.25) is 0 Å². The minimum atomic E-state index is -3.64. The number of benzene rings is 1. The Kier molecular flexibility index (Phi) is 5.22. The van der Waals surface area contributed by atoms with Gasteiger partial charge in [0, 0.05) is 19.2 Å². The minimum Gasteiger partial charge on any atom is -0.274 e. The highest BCUT2D eigenvalue weighted by Gasteiger charge is 2.17. The highest BCUT2D eigenvalue weighted by Crippen LogP contribution is 2.12. The third-order valence-corrected chi connectivity index (χ3v) is 3.79. The predicted octanol–water partition coefficient (Wildman–Crippen LogP) is 0.784. The third kappa shape index (κ3) is 3.88. The predicted molar refractivity (Wildman–Crippen MR) is 70.9 cm³/mol. The summed E-state index contributed by atoms with van der Waals surface area (Å²) in [6.45, 7) is 3.56. The van der Waals surface area contributed by atoms with E-state index in [9.17, 15) is 13.2 Å². The maximum atomic E-state index is 11.9. The molecule has 19 heavy (non-hydrogen) atoms. The number of hydroxylamine groups is 2. The molecule has 0 saturated heterocycles. The Morgan fingerprint density at radius 3 is 2.79 bits per heavy atom. The lowest BCUT2D eigenvalue weighted by Crippen LogP contribution is -2.27. The molecule has 104 valence electrons. The van der Waals surface area contributed by atoms with Gasteiger partial charge in [0.05, 0.1) is 12.0 Å². The first-order valence-corrected chi connectivity index (χ1v) is 6.93. The van der Waals surface area contributed by atoms with Crippen LogP contribution in [-0.2, 0) is 14.9 Å². The van der Waals surface area contributed by atoms with Gasteiger partial charge >= 0.3 is 0 Å². The van der Waals surface area contributed by atoms with E-state index < -0.39 is 15.9 Å². The number of hydrogen-bond donors (Lipinski definition) is 1. The van der Waals surface area contributed by atoms with Gasteiger partial charge in [-0.15, -0.1) is 6.58 Å². The highest BCUT2D eigenvalue weighted by molar-refractivity contribution is 7.89. The van der Waals surface area contributed by atoms with Crippen LogP contribution < -0.4 is 4.72 Å².